The molecule has 1 rings (SSSR count). The van der Waals surface area contributed by atoms with Crippen LogP contribution in [0.3, 0.4) is 0 Å². The molecule has 82 valence electrons. The molecule has 1 unspecified atom stereocenters. The van der Waals surface area contributed by atoms with Gasteiger partial charge in [-0.3, -0.25) is 0 Å². The Labute approximate surface area is 86.8 Å². The maximum Gasteiger partial charge on any atom is 0.100 e. The highest BCUT2D eigenvalue weighted by atomic mass is 19.1. The van der Waals surface area contributed by atoms with Gasteiger partial charge in [0.15, 0.2) is 0 Å². The van der Waals surface area contributed by atoms with Gasteiger partial charge in [-0.25, -0.2) is 4.39 Å². The van der Waals surface area contributed by atoms with Crippen LogP contribution in [0.15, 0.2) is 12.8 Å². The highest BCUT2D eigenvalue weighted by Crippen LogP contribution is 2.30. The molecule has 2 heteroatoms. The van der Waals surface area contributed by atoms with Crippen LogP contribution in [0.25, 0.3) is 0 Å². The summed E-state index contributed by atoms with van der Waals surface area (Å²) in [5.74, 6) is 0.653. The van der Waals surface area contributed by atoms with Crippen molar-refractivity contribution in [2.75, 3.05) is 0 Å². The first kappa shape index (κ1) is 11.5. The highest BCUT2D eigenvalue weighted by molar-refractivity contribution is 4.84. The standard InChI is InChI=1S/C12H22FN/c1-3-5-12(14-4-2)10-6-8-11(13)9-7-10/h4,10-12,14H,2-3,5-9H2,1H3. The van der Waals surface area contributed by atoms with E-state index in [0.717, 1.165) is 25.7 Å². The molecule has 0 aromatic rings. The van der Waals surface area contributed by atoms with Gasteiger partial charge in [-0.15, -0.1) is 0 Å². The molecule has 0 aliphatic heterocycles. The quantitative estimate of drug-likeness (QED) is 0.715. The van der Waals surface area contributed by atoms with Crippen LogP contribution < -0.4 is 5.32 Å². The molecular formula is C12H22FN. The van der Waals surface area contributed by atoms with Crippen LogP contribution in [0.1, 0.15) is 45.4 Å². The molecule has 1 atom stereocenters. The summed E-state index contributed by atoms with van der Waals surface area (Å²) in [6.07, 6.45) is 7.17. The maximum atomic E-state index is 13.0. The lowest BCUT2D eigenvalue weighted by Crippen LogP contribution is -2.35. The van der Waals surface area contributed by atoms with E-state index >= 15 is 0 Å². The summed E-state index contributed by atoms with van der Waals surface area (Å²) in [4.78, 5) is 0. The Balaban J connectivity index is 2.38. The minimum absolute atomic E-state index is 0.519. The molecule has 1 fully saturated rings. The molecule has 1 aliphatic rings. The average Bonchev–Trinajstić information content (AvgIpc) is 2.19. The maximum absolute atomic E-state index is 13.0. The first-order chi connectivity index (χ1) is 6.77. The molecular weight excluding hydrogens is 177 g/mol. The van der Waals surface area contributed by atoms with Gasteiger partial charge in [-0.1, -0.05) is 19.9 Å². The molecule has 0 saturated heterocycles. The average molecular weight is 199 g/mol. The summed E-state index contributed by atoms with van der Waals surface area (Å²) in [5.41, 5.74) is 0. The second-order valence-electron chi connectivity index (χ2n) is 4.28. The molecule has 1 N–H and O–H groups in total. The molecule has 0 aromatic heterocycles. The van der Waals surface area contributed by atoms with E-state index in [9.17, 15) is 4.39 Å². The molecule has 14 heavy (non-hydrogen) atoms. The van der Waals surface area contributed by atoms with E-state index in [4.69, 9.17) is 0 Å². The van der Waals surface area contributed by atoms with Gasteiger partial charge >= 0.3 is 0 Å². The minimum atomic E-state index is -0.544. The van der Waals surface area contributed by atoms with Crippen molar-refractivity contribution in [1.82, 2.24) is 5.32 Å². The zero-order chi connectivity index (χ0) is 10.4. The number of hydrogen-bond acceptors (Lipinski definition) is 1. The van der Waals surface area contributed by atoms with E-state index in [1.165, 1.54) is 12.8 Å². The lowest BCUT2D eigenvalue weighted by molar-refractivity contribution is 0.179. The van der Waals surface area contributed by atoms with Crippen LogP contribution in [0, 0.1) is 5.92 Å². The van der Waals surface area contributed by atoms with Crippen molar-refractivity contribution in [1.29, 1.82) is 0 Å². The number of nitrogens with one attached hydrogen (secondary N) is 1. The highest BCUT2D eigenvalue weighted by Gasteiger charge is 2.26. The van der Waals surface area contributed by atoms with E-state index in [1.54, 1.807) is 6.20 Å². The molecule has 1 nitrogen and oxygen atoms in total. The van der Waals surface area contributed by atoms with Gasteiger partial charge in [-0.05, 0) is 44.2 Å². The lowest BCUT2D eigenvalue weighted by Gasteiger charge is -2.31. The largest absolute Gasteiger partial charge is 0.388 e. The Hall–Kier alpha value is -0.530. The van der Waals surface area contributed by atoms with Crippen molar-refractivity contribution in [3.05, 3.63) is 12.8 Å². The zero-order valence-corrected chi connectivity index (χ0v) is 9.14. The number of halogens is 1. The smallest absolute Gasteiger partial charge is 0.100 e. The van der Waals surface area contributed by atoms with Crippen molar-refractivity contribution in [3.63, 3.8) is 0 Å². The molecule has 0 radical (unpaired) electrons. The summed E-state index contributed by atoms with van der Waals surface area (Å²) in [7, 11) is 0. The van der Waals surface area contributed by atoms with E-state index < -0.39 is 6.17 Å². The van der Waals surface area contributed by atoms with Crippen molar-refractivity contribution >= 4 is 0 Å². The number of alkyl halides is 1. The van der Waals surface area contributed by atoms with Crippen molar-refractivity contribution < 1.29 is 4.39 Å². The summed E-state index contributed by atoms with van der Waals surface area (Å²) in [5, 5.41) is 3.31. The summed E-state index contributed by atoms with van der Waals surface area (Å²) >= 11 is 0. The van der Waals surface area contributed by atoms with E-state index in [1.807, 2.05) is 0 Å². The number of hydrogen-bond donors (Lipinski definition) is 1. The van der Waals surface area contributed by atoms with Crippen molar-refractivity contribution in [2.24, 2.45) is 5.92 Å². The lowest BCUT2D eigenvalue weighted by atomic mass is 9.81. The van der Waals surface area contributed by atoms with Gasteiger partial charge in [0.05, 0.1) is 0 Å². The predicted octanol–water partition coefficient (Wildman–Crippen LogP) is 3.42. The third-order valence-corrected chi connectivity index (χ3v) is 3.20. The normalized spacial score (nSPS) is 29.6. The SMILES string of the molecule is C=CNC(CCC)C1CCC(F)CC1. The van der Waals surface area contributed by atoms with Gasteiger partial charge in [0, 0.05) is 6.04 Å². The van der Waals surface area contributed by atoms with Crippen molar-refractivity contribution in [2.45, 2.75) is 57.7 Å². The van der Waals surface area contributed by atoms with Crippen LogP contribution in [0.2, 0.25) is 0 Å². The first-order valence-corrected chi connectivity index (χ1v) is 5.79. The minimum Gasteiger partial charge on any atom is -0.388 e. The summed E-state index contributed by atoms with van der Waals surface area (Å²) in [6, 6.07) is 0.519. The fraction of sp³-hybridized carbons (Fsp3) is 0.833. The van der Waals surface area contributed by atoms with Crippen LogP contribution in [-0.2, 0) is 0 Å². The molecule has 1 aliphatic carbocycles. The molecule has 0 amide bonds. The van der Waals surface area contributed by atoms with Gasteiger partial charge < -0.3 is 5.32 Å². The molecule has 0 spiro atoms. The predicted molar refractivity (Wildman–Crippen MR) is 58.9 cm³/mol. The van der Waals surface area contributed by atoms with E-state index in [2.05, 4.69) is 18.8 Å². The van der Waals surface area contributed by atoms with Gasteiger partial charge in [0.2, 0.25) is 0 Å². The van der Waals surface area contributed by atoms with Crippen LogP contribution in [-0.4, -0.2) is 12.2 Å². The van der Waals surface area contributed by atoms with Gasteiger partial charge in [-0.2, -0.15) is 0 Å². The zero-order valence-electron chi connectivity index (χ0n) is 9.14. The Kier molecular flexibility index (Phi) is 4.99. The van der Waals surface area contributed by atoms with E-state index in [-0.39, 0.29) is 0 Å². The fourth-order valence-corrected chi connectivity index (χ4v) is 2.40. The van der Waals surface area contributed by atoms with Crippen LogP contribution in [0.4, 0.5) is 4.39 Å². The van der Waals surface area contributed by atoms with E-state index in [0.29, 0.717) is 12.0 Å². The molecule has 0 aromatic carbocycles. The Morgan fingerprint density at radius 1 is 1.43 bits per heavy atom. The summed E-state index contributed by atoms with van der Waals surface area (Å²) < 4.78 is 13.0. The second-order valence-corrected chi connectivity index (χ2v) is 4.28. The van der Waals surface area contributed by atoms with Gasteiger partial charge in [0.1, 0.15) is 6.17 Å². The monoisotopic (exact) mass is 199 g/mol. The number of rotatable bonds is 5. The van der Waals surface area contributed by atoms with Crippen LogP contribution in [0.5, 0.6) is 0 Å². The fourth-order valence-electron chi connectivity index (χ4n) is 2.40. The molecule has 1 saturated carbocycles. The first-order valence-electron chi connectivity index (χ1n) is 5.79. The topological polar surface area (TPSA) is 12.0 Å². The molecule has 0 bridgehead atoms. The van der Waals surface area contributed by atoms with Gasteiger partial charge in [0.25, 0.3) is 0 Å². The second kappa shape index (κ2) is 6.05. The summed E-state index contributed by atoms with van der Waals surface area (Å²) in [6.45, 7) is 5.90. The third kappa shape index (κ3) is 3.32. The van der Waals surface area contributed by atoms with Crippen LogP contribution >= 0.6 is 0 Å². The van der Waals surface area contributed by atoms with Crippen molar-refractivity contribution in [3.8, 4) is 0 Å². The Bertz CT molecular complexity index is 162. The Morgan fingerprint density at radius 2 is 2.07 bits per heavy atom. The molecule has 0 heterocycles. The third-order valence-electron chi connectivity index (χ3n) is 3.20. The Morgan fingerprint density at radius 3 is 2.57 bits per heavy atom.